The number of nitro benzene ring substituents is 1. The Balaban J connectivity index is 1.98. The van der Waals surface area contributed by atoms with Gasteiger partial charge in [-0.15, -0.1) is 0 Å². The SMILES string of the molecule is C[C@@H](Oc1cccc(Cl)c1)C(=O)N/N=C\c1cc([N+](=O)[O-])ccc1[O-]. The molecule has 8 nitrogen and oxygen atoms in total. The number of amides is 1. The molecular formula is C16H13ClN3O5-. The van der Waals surface area contributed by atoms with Crippen LogP contribution in [-0.4, -0.2) is 23.1 Å². The molecule has 0 heterocycles. The molecule has 0 aliphatic carbocycles. The van der Waals surface area contributed by atoms with Crippen LogP contribution in [0.15, 0.2) is 47.6 Å². The fourth-order valence-electron chi connectivity index (χ4n) is 1.80. The van der Waals surface area contributed by atoms with Crippen LogP contribution < -0.4 is 15.3 Å². The van der Waals surface area contributed by atoms with Gasteiger partial charge in [0.05, 0.1) is 11.1 Å². The van der Waals surface area contributed by atoms with Gasteiger partial charge in [0.2, 0.25) is 0 Å². The smallest absolute Gasteiger partial charge is 0.280 e. The van der Waals surface area contributed by atoms with E-state index in [2.05, 4.69) is 10.5 Å². The molecule has 1 N–H and O–H groups in total. The number of rotatable bonds is 6. The summed E-state index contributed by atoms with van der Waals surface area (Å²) < 4.78 is 5.41. The van der Waals surface area contributed by atoms with Gasteiger partial charge in [-0.1, -0.05) is 29.5 Å². The zero-order valence-corrected chi connectivity index (χ0v) is 13.8. The van der Waals surface area contributed by atoms with Crippen LogP contribution in [0.1, 0.15) is 12.5 Å². The first-order valence-corrected chi connectivity index (χ1v) is 7.45. The first kappa shape index (κ1) is 18.2. The van der Waals surface area contributed by atoms with Crippen molar-refractivity contribution in [2.45, 2.75) is 13.0 Å². The normalized spacial score (nSPS) is 11.9. The number of nitro groups is 1. The van der Waals surface area contributed by atoms with Crippen LogP contribution in [0, 0.1) is 10.1 Å². The second-order valence-corrected chi connectivity index (χ2v) is 5.37. The highest BCUT2D eigenvalue weighted by molar-refractivity contribution is 6.30. The second-order valence-electron chi connectivity index (χ2n) is 4.93. The Morgan fingerprint density at radius 3 is 2.80 bits per heavy atom. The number of nitrogens with one attached hydrogen (secondary N) is 1. The Bertz CT molecular complexity index is 825. The molecule has 0 saturated carbocycles. The zero-order chi connectivity index (χ0) is 18.4. The molecule has 1 atom stereocenters. The standard InChI is InChI=1S/C16H14ClN3O5/c1-10(25-14-4-2-3-12(17)8-14)16(22)19-18-9-11-7-13(20(23)24)5-6-15(11)21/h2-10,21H,1H3,(H,19,22)/p-1/b18-9-/t10-/m1/s1. The molecule has 0 spiro atoms. The topological polar surface area (TPSA) is 117 Å². The quantitative estimate of drug-likeness (QED) is 0.480. The molecule has 2 rings (SSSR count). The van der Waals surface area contributed by atoms with Crippen LogP contribution in [0.5, 0.6) is 11.5 Å². The number of hydrogen-bond donors (Lipinski definition) is 1. The largest absolute Gasteiger partial charge is 0.872 e. The van der Waals surface area contributed by atoms with Gasteiger partial charge >= 0.3 is 0 Å². The van der Waals surface area contributed by atoms with Gasteiger partial charge in [-0.05, 0) is 30.7 Å². The molecule has 1 amide bonds. The summed E-state index contributed by atoms with van der Waals surface area (Å²) in [4.78, 5) is 22.0. The Labute approximate surface area is 147 Å². The molecule has 0 aliphatic rings. The van der Waals surface area contributed by atoms with Crippen LogP contribution >= 0.6 is 11.6 Å². The van der Waals surface area contributed by atoms with E-state index < -0.39 is 22.7 Å². The highest BCUT2D eigenvalue weighted by Gasteiger charge is 2.14. The van der Waals surface area contributed by atoms with E-state index in [1.54, 1.807) is 24.3 Å². The minimum atomic E-state index is -0.868. The van der Waals surface area contributed by atoms with Crippen LogP contribution in [-0.2, 0) is 4.79 Å². The third-order valence-corrected chi connectivity index (χ3v) is 3.30. The summed E-state index contributed by atoms with van der Waals surface area (Å²) in [6, 6.07) is 9.78. The van der Waals surface area contributed by atoms with Crippen LogP contribution in [0.25, 0.3) is 0 Å². The van der Waals surface area contributed by atoms with Gasteiger partial charge in [-0.3, -0.25) is 14.9 Å². The molecule has 25 heavy (non-hydrogen) atoms. The number of non-ortho nitro benzene ring substituents is 1. The number of halogens is 1. The monoisotopic (exact) mass is 362 g/mol. The number of benzene rings is 2. The summed E-state index contributed by atoms with van der Waals surface area (Å²) >= 11 is 5.83. The van der Waals surface area contributed by atoms with Crippen molar-refractivity contribution in [1.29, 1.82) is 0 Å². The van der Waals surface area contributed by atoms with Crippen molar-refractivity contribution in [3.63, 3.8) is 0 Å². The summed E-state index contributed by atoms with van der Waals surface area (Å²) in [6.45, 7) is 1.51. The van der Waals surface area contributed by atoms with E-state index in [0.29, 0.717) is 10.8 Å². The van der Waals surface area contributed by atoms with E-state index in [1.807, 2.05) is 0 Å². The van der Waals surface area contributed by atoms with Crippen molar-refractivity contribution in [2.75, 3.05) is 0 Å². The number of carbonyl (C=O) groups excluding carboxylic acids is 1. The third-order valence-electron chi connectivity index (χ3n) is 3.06. The number of ether oxygens (including phenoxy) is 1. The molecule has 0 aliphatic heterocycles. The minimum Gasteiger partial charge on any atom is -0.872 e. The first-order chi connectivity index (χ1) is 11.9. The fourth-order valence-corrected chi connectivity index (χ4v) is 1.98. The molecule has 0 radical (unpaired) electrons. The summed E-state index contributed by atoms with van der Waals surface area (Å²) in [5.41, 5.74) is 1.94. The second kappa shape index (κ2) is 8.11. The lowest BCUT2D eigenvalue weighted by Gasteiger charge is -2.13. The van der Waals surface area contributed by atoms with Gasteiger partial charge in [-0.2, -0.15) is 5.10 Å². The number of carbonyl (C=O) groups is 1. The lowest BCUT2D eigenvalue weighted by Crippen LogP contribution is -2.33. The summed E-state index contributed by atoms with van der Waals surface area (Å²) in [5.74, 6) is -0.597. The minimum absolute atomic E-state index is 0.0158. The maximum absolute atomic E-state index is 11.9. The molecule has 0 unspecified atom stereocenters. The third kappa shape index (κ3) is 5.18. The first-order valence-electron chi connectivity index (χ1n) is 7.07. The highest BCUT2D eigenvalue weighted by atomic mass is 35.5. The maximum atomic E-state index is 11.9. The van der Waals surface area contributed by atoms with Crippen molar-refractivity contribution in [3.05, 3.63) is 63.2 Å². The van der Waals surface area contributed by atoms with Crippen molar-refractivity contribution in [1.82, 2.24) is 5.43 Å². The molecule has 9 heteroatoms. The van der Waals surface area contributed by atoms with Crippen molar-refractivity contribution < 1.29 is 19.6 Å². The van der Waals surface area contributed by atoms with Crippen molar-refractivity contribution >= 4 is 29.4 Å². The predicted octanol–water partition coefficient (Wildman–Crippen LogP) is 2.24. The van der Waals surface area contributed by atoms with Gasteiger partial charge in [0.1, 0.15) is 5.75 Å². The van der Waals surface area contributed by atoms with Crippen LogP contribution in [0.3, 0.4) is 0 Å². The Morgan fingerprint density at radius 2 is 2.12 bits per heavy atom. The summed E-state index contributed by atoms with van der Waals surface area (Å²) in [5, 5.41) is 26.4. The summed E-state index contributed by atoms with van der Waals surface area (Å²) in [6.07, 6.45) is 0.173. The number of nitrogens with zero attached hydrogens (tertiary/aromatic N) is 2. The van der Waals surface area contributed by atoms with Gasteiger partial charge in [0.15, 0.2) is 6.10 Å². The van der Waals surface area contributed by atoms with Crippen molar-refractivity contribution in [3.8, 4) is 11.5 Å². The fraction of sp³-hybridized carbons (Fsp3) is 0.125. The summed E-state index contributed by atoms with van der Waals surface area (Å²) in [7, 11) is 0. The average Bonchev–Trinajstić information content (AvgIpc) is 2.56. The highest BCUT2D eigenvalue weighted by Crippen LogP contribution is 2.19. The maximum Gasteiger partial charge on any atom is 0.280 e. The van der Waals surface area contributed by atoms with Crippen LogP contribution in [0.2, 0.25) is 5.02 Å². The van der Waals surface area contributed by atoms with Gasteiger partial charge in [0, 0.05) is 17.2 Å². The molecule has 2 aromatic rings. The molecule has 0 aromatic heterocycles. The van der Waals surface area contributed by atoms with E-state index in [0.717, 1.165) is 24.4 Å². The lowest BCUT2D eigenvalue weighted by molar-refractivity contribution is -0.385. The molecule has 130 valence electrons. The Hall–Kier alpha value is -3.13. The molecule has 0 bridgehead atoms. The molecule has 2 aromatic carbocycles. The molecule has 0 fully saturated rings. The van der Waals surface area contributed by atoms with Crippen molar-refractivity contribution in [2.24, 2.45) is 5.10 Å². The average molecular weight is 363 g/mol. The van der Waals surface area contributed by atoms with Gasteiger partial charge in [0.25, 0.3) is 11.6 Å². The van der Waals surface area contributed by atoms with Gasteiger partial charge in [-0.25, -0.2) is 5.43 Å². The molecule has 0 saturated heterocycles. The van der Waals surface area contributed by atoms with E-state index >= 15 is 0 Å². The van der Waals surface area contributed by atoms with E-state index in [4.69, 9.17) is 16.3 Å². The zero-order valence-electron chi connectivity index (χ0n) is 13.0. The Morgan fingerprint density at radius 1 is 1.36 bits per heavy atom. The van der Waals surface area contributed by atoms with Crippen LogP contribution in [0.4, 0.5) is 5.69 Å². The lowest BCUT2D eigenvalue weighted by atomic mass is 10.2. The van der Waals surface area contributed by atoms with E-state index in [1.165, 1.54) is 6.92 Å². The Kier molecular flexibility index (Phi) is 5.91. The predicted molar refractivity (Wildman–Crippen MR) is 89.8 cm³/mol. The number of hydrogen-bond acceptors (Lipinski definition) is 6. The number of hydrazone groups is 1. The molecular weight excluding hydrogens is 350 g/mol. The van der Waals surface area contributed by atoms with Gasteiger partial charge < -0.3 is 9.84 Å². The van der Waals surface area contributed by atoms with E-state index in [-0.39, 0.29) is 11.3 Å². The van der Waals surface area contributed by atoms with E-state index in [9.17, 15) is 20.0 Å².